The van der Waals surface area contributed by atoms with Crippen molar-refractivity contribution >= 4 is 33.3 Å². The number of hydrogen-bond acceptors (Lipinski definition) is 5. The minimum Gasteiger partial charge on any atom is -0.351 e. The highest BCUT2D eigenvalue weighted by atomic mass is 79.9. The van der Waals surface area contributed by atoms with Gasteiger partial charge in [-0.1, -0.05) is 5.16 Å². The molecule has 12 heavy (non-hydrogen) atoms. The summed E-state index contributed by atoms with van der Waals surface area (Å²) >= 11 is 4.86. The second-order valence-corrected chi connectivity index (χ2v) is 3.91. The number of hydrogen-bond donors (Lipinski definition) is 1. The molecule has 2 aromatic heterocycles. The van der Waals surface area contributed by atoms with Gasteiger partial charge >= 0.3 is 6.01 Å². The number of thiophene rings is 1. The summed E-state index contributed by atoms with van der Waals surface area (Å²) in [5, 5.41) is 5.62. The summed E-state index contributed by atoms with van der Waals surface area (Å²) < 4.78 is 5.64. The fourth-order valence-corrected chi connectivity index (χ4v) is 2.12. The largest absolute Gasteiger partial charge is 0.351 e. The van der Waals surface area contributed by atoms with Gasteiger partial charge in [0.1, 0.15) is 0 Å². The van der Waals surface area contributed by atoms with E-state index < -0.39 is 0 Å². The first-order chi connectivity index (χ1) is 5.75. The van der Waals surface area contributed by atoms with Crippen molar-refractivity contribution in [2.24, 2.45) is 0 Å². The minimum atomic E-state index is 0.0922. The maximum Gasteiger partial charge on any atom is 0.319 e. The summed E-state index contributed by atoms with van der Waals surface area (Å²) in [6, 6.07) is 2.00. The first-order valence-electron chi connectivity index (χ1n) is 3.09. The molecule has 2 aromatic rings. The van der Waals surface area contributed by atoms with Gasteiger partial charge in [-0.3, -0.25) is 0 Å². The Hall–Kier alpha value is -0.880. The average Bonchev–Trinajstić information content (AvgIpc) is 2.58. The predicted molar refractivity (Wildman–Crippen MR) is 49.7 cm³/mol. The smallest absolute Gasteiger partial charge is 0.319 e. The van der Waals surface area contributed by atoms with E-state index in [0.717, 1.165) is 9.35 Å². The Morgan fingerprint density at radius 1 is 1.58 bits per heavy atom. The zero-order valence-electron chi connectivity index (χ0n) is 5.82. The Bertz CT molecular complexity index is 359. The Balaban J connectivity index is 2.43. The maximum atomic E-state index is 5.28. The highest BCUT2D eigenvalue weighted by Gasteiger charge is 2.07. The van der Waals surface area contributed by atoms with E-state index in [-0.39, 0.29) is 6.01 Å². The lowest BCUT2D eigenvalue weighted by molar-refractivity contribution is 0.437. The summed E-state index contributed by atoms with van der Waals surface area (Å²) in [5.74, 6) is 0.531. The lowest BCUT2D eigenvalue weighted by Crippen LogP contribution is -1.81. The fraction of sp³-hybridized carbons (Fsp3) is 0. The van der Waals surface area contributed by atoms with Crippen LogP contribution in [0.1, 0.15) is 0 Å². The van der Waals surface area contributed by atoms with Gasteiger partial charge in [-0.05, 0) is 22.0 Å². The predicted octanol–water partition coefficient (Wildman–Crippen LogP) is 2.14. The molecule has 0 saturated heterocycles. The zero-order valence-corrected chi connectivity index (χ0v) is 8.22. The number of aromatic nitrogens is 2. The molecule has 0 radical (unpaired) electrons. The van der Waals surface area contributed by atoms with E-state index in [9.17, 15) is 0 Å². The summed E-state index contributed by atoms with van der Waals surface area (Å²) in [6.45, 7) is 0. The number of anilines is 1. The second kappa shape index (κ2) is 2.87. The zero-order chi connectivity index (χ0) is 8.55. The summed E-state index contributed by atoms with van der Waals surface area (Å²) in [5.41, 5.74) is 5.28. The molecule has 0 atom stereocenters. The fourth-order valence-electron chi connectivity index (χ4n) is 0.766. The first-order valence-corrected chi connectivity index (χ1v) is 4.76. The maximum absolute atomic E-state index is 5.28. The van der Waals surface area contributed by atoms with Crippen molar-refractivity contribution in [3.05, 3.63) is 15.9 Å². The van der Waals surface area contributed by atoms with Crippen LogP contribution in [0.15, 0.2) is 20.4 Å². The van der Waals surface area contributed by atoms with E-state index in [1.165, 1.54) is 11.3 Å². The van der Waals surface area contributed by atoms with E-state index in [0.29, 0.717) is 5.82 Å². The molecule has 6 heteroatoms. The van der Waals surface area contributed by atoms with Crippen LogP contribution < -0.4 is 5.73 Å². The van der Waals surface area contributed by atoms with Crippen molar-refractivity contribution in [1.29, 1.82) is 0 Å². The van der Waals surface area contributed by atoms with E-state index in [4.69, 9.17) is 5.73 Å². The van der Waals surface area contributed by atoms with Crippen molar-refractivity contribution in [2.45, 2.75) is 0 Å². The number of rotatable bonds is 1. The highest BCUT2D eigenvalue weighted by Crippen LogP contribution is 2.27. The number of nitrogen functional groups attached to an aromatic ring is 1. The van der Waals surface area contributed by atoms with Crippen molar-refractivity contribution in [1.82, 2.24) is 10.1 Å². The van der Waals surface area contributed by atoms with Crippen LogP contribution in [0.25, 0.3) is 10.7 Å². The summed E-state index contributed by atoms with van der Waals surface area (Å²) in [4.78, 5) is 4.82. The minimum absolute atomic E-state index is 0.0922. The van der Waals surface area contributed by atoms with E-state index in [1.54, 1.807) is 0 Å². The van der Waals surface area contributed by atoms with Gasteiger partial charge in [0.05, 0.1) is 4.88 Å². The van der Waals surface area contributed by atoms with E-state index in [2.05, 4.69) is 30.6 Å². The van der Waals surface area contributed by atoms with Crippen LogP contribution in [0.5, 0.6) is 0 Å². The lowest BCUT2D eigenvalue weighted by atomic mass is 10.4. The third-order valence-corrected chi connectivity index (χ3v) is 2.92. The number of nitrogens with zero attached hydrogens (tertiary/aromatic N) is 2. The van der Waals surface area contributed by atoms with Crippen LogP contribution in [0.2, 0.25) is 0 Å². The van der Waals surface area contributed by atoms with Gasteiger partial charge in [0.15, 0.2) is 0 Å². The molecule has 0 aliphatic rings. The van der Waals surface area contributed by atoms with Crippen LogP contribution in [-0.2, 0) is 0 Å². The number of halogens is 1. The Morgan fingerprint density at radius 3 is 2.92 bits per heavy atom. The standard InChI is InChI=1S/C6H4BrN3OS/c7-3-1-4(12-2-3)5-9-6(8)11-10-5/h1-2H,(H2,8,9,10). The molecule has 0 fully saturated rings. The molecule has 2 heterocycles. The van der Waals surface area contributed by atoms with Crippen LogP contribution >= 0.6 is 27.3 Å². The third kappa shape index (κ3) is 1.35. The van der Waals surface area contributed by atoms with Gasteiger partial charge in [-0.15, -0.1) is 11.3 Å². The number of nitrogens with two attached hydrogens (primary N) is 1. The van der Waals surface area contributed by atoms with Gasteiger partial charge in [-0.2, -0.15) is 4.98 Å². The van der Waals surface area contributed by atoms with Crippen LogP contribution in [0, 0.1) is 0 Å². The molecule has 0 amide bonds. The van der Waals surface area contributed by atoms with Crippen molar-refractivity contribution in [3.63, 3.8) is 0 Å². The molecular weight excluding hydrogens is 242 g/mol. The Labute approximate surface area is 80.5 Å². The quantitative estimate of drug-likeness (QED) is 0.837. The molecule has 0 saturated carbocycles. The molecule has 2 rings (SSSR count). The van der Waals surface area contributed by atoms with E-state index in [1.807, 2.05) is 11.4 Å². The van der Waals surface area contributed by atoms with Gasteiger partial charge in [-0.25, -0.2) is 0 Å². The molecule has 0 aliphatic carbocycles. The van der Waals surface area contributed by atoms with Gasteiger partial charge < -0.3 is 10.3 Å². The molecule has 0 aromatic carbocycles. The summed E-state index contributed by atoms with van der Waals surface area (Å²) in [6.07, 6.45) is 0. The molecule has 0 aliphatic heterocycles. The summed E-state index contributed by atoms with van der Waals surface area (Å²) in [7, 11) is 0. The molecule has 0 spiro atoms. The Morgan fingerprint density at radius 2 is 2.42 bits per heavy atom. The monoisotopic (exact) mass is 245 g/mol. The van der Waals surface area contributed by atoms with Crippen molar-refractivity contribution in [3.8, 4) is 10.7 Å². The van der Waals surface area contributed by atoms with Gasteiger partial charge in [0.25, 0.3) is 0 Å². The van der Waals surface area contributed by atoms with Gasteiger partial charge in [0, 0.05) is 9.85 Å². The highest BCUT2D eigenvalue weighted by molar-refractivity contribution is 9.10. The van der Waals surface area contributed by atoms with Crippen LogP contribution in [0.4, 0.5) is 6.01 Å². The van der Waals surface area contributed by atoms with Crippen LogP contribution in [0.3, 0.4) is 0 Å². The van der Waals surface area contributed by atoms with Crippen molar-refractivity contribution in [2.75, 3.05) is 5.73 Å². The third-order valence-electron chi connectivity index (χ3n) is 1.23. The normalized spacial score (nSPS) is 10.4. The molecule has 0 unspecified atom stereocenters. The van der Waals surface area contributed by atoms with Crippen molar-refractivity contribution < 1.29 is 4.52 Å². The van der Waals surface area contributed by atoms with Crippen LogP contribution in [-0.4, -0.2) is 10.1 Å². The molecular formula is C6H4BrN3OS. The topological polar surface area (TPSA) is 64.9 Å². The second-order valence-electron chi connectivity index (χ2n) is 2.09. The molecule has 4 nitrogen and oxygen atoms in total. The first kappa shape index (κ1) is 7.75. The van der Waals surface area contributed by atoms with E-state index >= 15 is 0 Å². The SMILES string of the molecule is Nc1nc(-c2cc(Br)cs2)no1. The average molecular weight is 246 g/mol. The van der Waals surface area contributed by atoms with Gasteiger partial charge in [0.2, 0.25) is 5.82 Å². The Kier molecular flexibility index (Phi) is 1.86. The molecule has 62 valence electrons. The molecule has 0 bridgehead atoms. The lowest BCUT2D eigenvalue weighted by Gasteiger charge is -1.80. The molecule has 2 N–H and O–H groups in total.